The quantitative estimate of drug-likeness (QED) is 0.777. The predicted octanol–water partition coefficient (Wildman–Crippen LogP) is 1.72. The highest BCUT2D eigenvalue weighted by atomic mass is 16.5. The maximum absolute atomic E-state index is 11.5. The Labute approximate surface area is 107 Å². The van der Waals surface area contributed by atoms with Gasteiger partial charge in [0, 0.05) is 12.8 Å². The Bertz CT molecular complexity index is 410. The molecule has 0 aliphatic heterocycles. The maximum atomic E-state index is 11.5. The van der Waals surface area contributed by atoms with Crippen molar-refractivity contribution in [1.29, 1.82) is 0 Å². The molecule has 1 rings (SSSR count). The summed E-state index contributed by atoms with van der Waals surface area (Å²) in [4.78, 5) is 19.8. The molecule has 6 heteroatoms. The lowest BCUT2D eigenvalue weighted by Gasteiger charge is -2.14. The molecule has 0 aromatic carbocycles. The molecule has 0 radical (unpaired) electrons. The van der Waals surface area contributed by atoms with E-state index in [1.54, 1.807) is 6.92 Å². The van der Waals surface area contributed by atoms with Crippen LogP contribution in [0.1, 0.15) is 49.5 Å². The number of ether oxygens (including phenoxy) is 2. The normalized spacial score (nSPS) is 12.2. The van der Waals surface area contributed by atoms with Crippen molar-refractivity contribution in [3.05, 3.63) is 17.6 Å². The fraction of sp³-hybridized carbons (Fsp3) is 0.583. The smallest absolute Gasteiger partial charge is 0.343 e. The van der Waals surface area contributed by atoms with Gasteiger partial charge in [-0.1, -0.05) is 6.92 Å². The van der Waals surface area contributed by atoms with Crippen LogP contribution in [0, 0.1) is 0 Å². The van der Waals surface area contributed by atoms with E-state index in [0.29, 0.717) is 12.4 Å². The van der Waals surface area contributed by atoms with Gasteiger partial charge in [-0.2, -0.15) is 0 Å². The summed E-state index contributed by atoms with van der Waals surface area (Å²) in [6.07, 6.45) is 1.93. The van der Waals surface area contributed by atoms with Gasteiger partial charge in [-0.15, -0.1) is 0 Å². The molecule has 1 atom stereocenters. The third kappa shape index (κ3) is 3.40. The largest absolute Gasteiger partial charge is 0.462 e. The summed E-state index contributed by atoms with van der Waals surface area (Å²) in [5.74, 6) is 0.104. The maximum Gasteiger partial charge on any atom is 0.343 e. The Hall–Kier alpha value is -1.69. The lowest BCUT2D eigenvalue weighted by atomic mass is 10.2. The number of nitrogen functional groups attached to an aromatic ring is 1. The van der Waals surface area contributed by atoms with Crippen LogP contribution >= 0.6 is 0 Å². The zero-order chi connectivity index (χ0) is 13.5. The highest BCUT2D eigenvalue weighted by Gasteiger charge is 2.17. The van der Waals surface area contributed by atoms with E-state index in [-0.39, 0.29) is 24.1 Å². The highest BCUT2D eigenvalue weighted by molar-refractivity contribution is 5.93. The number of anilines is 1. The fourth-order valence-corrected chi connectivity index (χ4v) is 1.51. The van der Waals surface area contributed by atoms with Crippen LogP contribution in [0.2, 0.25) is 0 Å². The molecular weight excluding hydrogens is 234 g/mol. The summed E-state index contributed by atoms with van der Waals surface area (Å²) in [6.45, 7) is 6.46. The van der Waals surface area contributed by atoms with Crippen molar-refractivity contribution in [1.82, 2.24) is 9.97 Å². The molecule has 0 saturated heterocycles. The van der Waals surface area contributed by atoms with Crippen molar-refractivity contribution >= 4 is 11.8 Å². The van der Waals surface area contributed by atoms with Crippen molar-refractivity contribution in [3.8, 4) is 0 Å². The molecule has 1 heterocycles. The van der Waals surface area contributed by atoms with Gasteiger partial charge in [-0.05, 0) is 20.3 Å². The number of nitrogens with two attached hydrogens (primary N) is 1. The van der Waals surface area contributed by atoms with Gasteiger partial charge < -0.3 is 15.2 Å². The minimum atomic E-state index is -0.508. The van der Waals surface area contributed by atoms with E-state index in [4.69, 9.17) is 15.2 Å². The standard InChI is InChI=1S/C12H19N3O3/c1-4-9(17-5-2)11-14-7-8(10(13)15-11)12(16)18-6-3/h7,9H,4-6H2,1-3H3,(H2,13,14,15). The third-order valence-corrected chi connectivity index (χ3v) is 2.36. The molecule has 0 amide bonds. The SMILES string of the molecule is CCOC(=O)c1cnc(C(CC)OCC)nc1N. The Kier molecular flexibility index (Phi) is 5.51. The first-order chi connectivity index (χ1) is 8.63. The predicted molar refractivity (Wildman–Crippen MR) is 67.1 cm³/mol. The van der Waals surface area contributed by atoms with E-state index in [1.165, 1.54) is 6.20 Å². The van der Waals surface area contributed by atoms with Gasteiger partial charge in [0.1, 0.15) is 17.5 Å². The van der Waals surface area contributed by atoms with Crippen LogP contribution in [-0.2, 0) is 9.47 Å². The molecule has 0 aliphatic rings. The summed E-state index contributed by atoms with van der Waals surface area (Å²) in [6, 6.07) is 0. The van der Waals surface area contributed by atoms with E-state index < -0.39 is 5.97 Å². The van der Waals surface area contributed by atoms with Gasteiger partial charge in [0.05, 0.1) is 6.61 Å². The average Bonchev–Trinajstić information content (AvgIpc) is 2.36. The van der Waals surface area contributed by atoms with Crippen LogP contribution in [0.3, 0.4) is 0 Å². The van der Waals surface area contributed by atoms with Crippen molar-refractivity contribution in [2.75, 3.05) is 18.9 Å². The number of carbonyl (C=O) groups excluding carboxylic acids is 1. The lowest BCUT2D eigenvalue weighted by Crippen LogP contribution is -2.14. The summed E-state index contributed by atoms with van der Waals surface area (Å²) in [7, 11) is 0. The van der Waals surface area contributed by atoms with E-state index >= 15 is 0 Å². The zero-order valence-electron chi connectivity index (χ0n) is 11.0. The second-order valence-corrected chi connectivity index (χ2v) is 3.60. The second kappa shape index (κ2) is 6.90. The molecule has 1 aromatic rings. The Morgan fingerprint density at radius 3 is 2.61 bits per heavy atom. The summed E-state index contributed by atoms with van der Waals surface area (Å²) in [5.41, 5.74) is 5.92. The number of aromatic nitrogens is 2. The molecule has 1 aromatic heterocycles. The number of esters is 1. The van der Waals surface area contributed by atoms with Crippen molar-refractivity contribution < 1.29 is 14.3 Å². The molecule has 0 aliphatic carbocycles. The average molecular weight is 253 g/mol. The molecular formula is C12H19N3O3. The molecule has 0 fully saturated rings. The van der Waals surface area contributed by atoms with Crippen LogP contribution in [-0.4, -0.2) is 29.2 Å². The number of carbonyl (C=O) groups is 1. The van der Waals surface area contributed by atoms with Crippen molar-refractivity contribution in [2.45, 2.75) is 33.3 Å². The van der Waals surface area contributed by atoms with E-state index in [2.05, 4.69) is 9.97 Å². The first-order valence-electron chi connectivity index (χ1n) is 6.05. The zero-order valence-corrected chi connectivity index (χ0v) is 11.0. The summed E-state index contributed by atoms with van der Waals surface area (Å²) in [5, 5.41) is 0. The molecule has 1 unspecified atom stereocenters. The highest BCUT2D eigenvalue weighted by Crippen LogP contribution is 2.19. The first kappa shape index (κ1) is 14.4. The van der Waals surface area contributed by atoms with Gasteiger partial charge in [-0.25, -0.2) is 14.8 Å². The molecule has 2 N–H and O–H groups in total. The lowest BCUT2D eigenvalue weighted by molar-refractivity contribution is 0.0509. The fourth-order valence-electron chi connectivity index (χ4n) is 1.51. The number of hydrogen-bond acceptors (Lipinski definition) is 6. The number of nitrogens with zero attached hydrogens (tertiary/aromatic N) is 2. The Balaban J connectivity index is 2.94. The topological polar surface area (TPSA) is 87.3 Å². The van der Waals surface area contributed by atoms with Crippen LogP contribution in [0.4, 0.5) is 5.82 Å². The van der Waals surface area contributed by atoms with E-state index in [9.17, 15) is 4.79 Å². The molecule has 6 nitrogen and oxygen atoms in total. The third-order valence-electron chi connectivity index (χ3n) is 2.36. The molecule has 100 valence electrons. The van der Waals surface area contributed by atoms with Crippen LogP contribution in [0.5, 0.6) is 0 Å². The summed E-state index contributed by atoms with van der Waals surface area (Å²) < 4.78 is 10.3. The van der Waals surface area contributed by atoms with Crippen molar-refractivity contribution in [3.63, 3.8) is 0 Å². The Morgan fingerprint density at radius 2 is 2.11 bits per heavy atom. The van der Waals surface area contributed by atoms with Crippen LogP contribution in [0.25, 0.3) is 0 Å². The minimum Gasteiger partial charge on any atom is -0.462 e. The molecule has 0 spiro atoms. The van der Waals surface area contributed by atoms with Crippen LogP contribution in [0.15, 0.2) is 6.20 Å². The van der Waals surface area contributed by atoms with Crippen molar-refractivity contribution in [2.24, 2.45) is 0 Å². The van der Waals surface area contributed by atoms with Gasteiger partial charge in [0.15, 0.2) is 5.82 Å². The molecule has 0 bridgehead atoms. The first-order valence-corrected chi connectivity index (χ1v) is 6.05. The van der Waals surface area contributed by atoms with E-state index in [1.807, 2.05) is 13.8 Å². The summed E-state index contributed by atoms with van der Waals surface area (Å²) >= 11 is 0. The van der Waals surface area contributed by atoms with Gasteiger partial charge in [0.25, 0.3) is 0 Å². The number of hydrogen-bond donors (Lipinski definition) is 1. The number of rotatable bonds is 6. The van der Waals surface area contributed by atoms with E-state index in [0.717, 1.165) is 6.42 Å². The monoisotopic (exact) mass is 253 g/mol. The van der Waals surface area contributed by atoms with Crippen LogP contribution < -0.4 is 5.73 Å². The molecule has 18 heavy (non-hydrogen) atoms. The second-order valence-electron chi connectivity index (χ2n) is 3.60. The van der Waals surface area contributed by atoms with Gasteiger partial charge in [0.2, 0.25) is 0 Å². The Morgan fingerprint density at radius 1 is 1.39 bits per heavy atom. The van der Waals surface area contributed by atoms with Gasteiger partial charge in [-0.3, -0.25) is 0 Å². The van der Waals surface area contributed by atoms with Gasteiger partial charge >= 0.3 is 5.97 Å². The minimum absolute atomic E-state index is 0.122. The molecule has 0 saturated carbocycles.